The molecule has 1 aliphatic carbocycles. The molecule has 0 saturated heterocycles. The third kappa shape index (κ3) is 1.74. The molecule has 0 amide bonds. The minimum Gasteiger partial charge on any atom is -0.402 e. The molecular formula is C8H16N2. The molecule has 0 spiro atoms. The normalized spacial score (nSPS) is 33.7. The Morgan fingerprint density at radius 3 is 2.10 bits per heavy atom. The van der Waals surface area contributed by atoms with Gasteiger partial charge in [0.05, 0.1) is 0 Å². The third-order valence-corrected chi connectivity index (χ3v) is 2.30. The number of allylic oxidation sites excluding steroid dienone is 1. The van der Waals surface area contributed by atoms with Crippen molar-refractivity contribution in [1.82, 2.24) is 0 Å². The van der Waals surface area contributed by atoms with Gasteiger partial charge >= 0.3 is 0 Å². The van der Waals surface area contributed by atoms with E-state index in [1.54, 1.807) is 0 Å². The van der Waals surface area contributed by atoms with E-state index in [2.05, 4.69) is 6.58 Å². The van der Waals surface area contributed by atoms with E-state index in [1.807, 2.05) is 0 Å². The van der Waals surface area contributed by atoms with Crippen LogP contribution in [0.1, 0.15) is 25.7 Å². The van der Waals surface area contributed by atoms with Crippen LogP contribution in [0.2, 0.25) is 0 Å². The highest BCUT2D eigenvalue weighted by atomic mass is 14.7. The van der Waals surface area contributed by atoms with Crippen molar-refractivity contribution in [2.75, 3.05) is 0 Å². The van der Waals surface area contributed by atoms with E-state index in [-0.39, 0.29) is 0 Å². The molecule has 0 heterocycles. The van der Waals surface area contributed by atoms with Crippen LogP contribution >= 0.6 is 0 Å². The Balaban J connectivity index is 2.33. The highest BCUT2D eigenvalue weighted by Gasteiger charge is 2.18. The Morgan fingerprint density at radius 2 is 1.70 bits per heavy atom. The van der Waals surface area contributed by atoms with Gasteiger partial charge in [-0.25, -0.2) is 0 Å². The molecular weight excluding hydrogens is 124 g/mol. The second kappa shape index (κ2) is 3.06. The van der Waals surface area contributed by atoms with Crippen LogP contribution in [-0.4, -0.2) is 6.04 Å². The van der Waals surface area contributed by atoms with Gasteiger partial charge in [-0.2, -0.15) is 0 Å². The molecule has 0 aromatic heterocycles. The summed E-state index contributed by atoms with van der Waals surface area (Å²) >= 11 is 0. The fraction of sp³-hybridized carbons (Fsp3) is 0.750. The summed E-state index contributed by atoms with van der Waals surface area (Å²) in [6, 6.07) is 0.413. The summed E-state index contributed by atoms with van der Waals surface area (Å²) in [6.07, 6.45) is 4.49. The Morgan fingerprint density at radius 1 is 1.20 bits per heavy atom. The molecule has 0 unspecified atom stereocenters. The maximum absolute atomic E-state index is 5.73. The summed E-state index contributed by atoms with van der Waals surface area (Å²) in [5, 5.41) is 0. The summed E-state index contributed by atoms with van der Waals surface area (Å²) in [6.45, 7) is 3.74. The lowest BCUT2D eigenvalue weighted by Gasteiger charge is -2.25. The fourth-order valence-electron chi connectivity index (χ4n) is 1.49. The van der Waals surface area contributed by atoms with Gasteiger partial charge in [-0.15, -0.1) is 0 Å². The van der Waals surface area contributed by atoms with Crippen molar-refractivity contribution in [3.63, 3.8) is 0 Å². The van der Waals surface area contributed by atoms with Gasteiger partial charge in [0.25, 0.3) is 0 Å². The third-order valence-electron chi connectivity index (χ3n) is 2.30. The number of hydrogen-bond donors (Lipinski definition) is 2. The van der Waals surface area contributed by atoms with Crippen molar-refractivity contribution in [2.24, 2.45) is 17.4 Å². The van der Waals surface area contributed by atoms with Crippen LogP contribution in [0.25, 0.3) is 0 Å². The van der Waals surface area contributed by atoms with E-state index in [4.69, 9.17) is 11.5 Å². The van der Waals surface area contributed by atoms with Crippen molar-refractivity contribution >= 4 is 0 Å². The molecule has 1 aliphatic rings. The van der Waals surface area contributed by atoms with Gasteiger partial charge in [0, 0.05) is 11.7 Å². The van der Waals surface area contributed by atoms with Crippen LogP contribution < -0.4 is 11.5 Å². The lowest BCUT2D eigenvalue weighted by Crippen LogP contribution is -2.28. The minimum absolute atomic E-state index is 0.413. The van der Waals surface area contributed by atoms with E-state index < -0.39 is 0 Å². The van der Waals surface area contributed by atoms with Crippen LogP contribution in [-0.2, 0) is 0 Å². The first-order valence-electron chi connectivity index (χ1n) is 3.90. The number of nitrogens with two attached hydrogens (primary N) is 2. The molecule has 0 aromatic rings. The first kappa shape index (κ1) is 7.61. The van der Waals surface area contributed by atoms with Gasteiger partial charge in [-0.3, -0.25) is 0 Å². The molecule has 1 fully saturated rings. The van der Waals surface area contributed by atoms with Crippen molar-refractivity contribution in [3.05, 3.63) is 12.3 Å². The Kier molecular flexibility index (Phi) is 2.33. The highest BCUT2D eigenvalue weighted by molar-refractivity contribution is 4.96. The monoisotopic (exact) mass is 140 g/mol. The molecule has 0 aromatic carbocycles. The predicted molar refractivity (Wildman–Crippen MR) is 43.3 cm³/mol. The molecule has 2 heteroatoms. The molecule has 0 bridgehead atoms. The van der Waals surface area contributed by atoms with Crippen LogP contribution in [0.4, 0.5) is 0 Å². The Labute approximate surface area is 62.3 Å². The molecule has 4 N–H and O–H groups in total. The maximum atomic E-state index is 5.73. The lowest BCUT2D eigenvalue weighted by molar-refractivity contribution is 0.361. The number of hydrogen-bond acceptors (Lipinski definition) is 2. The van der Waals surface area contributed by atoms with Crippen LogP contribution in [0.15, 0.2) is 12.3 Å². The summed E-state index contributed by atoms with van der Waals surface area (Å²) in [7, 11) is 0. The second-order valence-corrected chi connectivity index (χ2v) is 3.19. The summed E-state index contributed by atoms with van der Waals surface area (Å²) in [4.78, 5) is 0. The van der Waals surface area contributed by atoms with Gasteiger partial charge in [0.1, 0.15) is 0 Å². The standard InChI is InChI=1S/C8H16N2/c1-6(9)7-2-4-8(10)5-3-7/h7-8H,1-5,9-10H2. The van der Waals surface area contributed by atoms with Gasteiger partial charge in [-0.1, -0.05) is 6.58 Å². The van der Waals surface area contributed by atoms with Crippen LogP contribution in [0, 0.1) is 5.92 Å². The average molecular weight is 140 g/mol. The smallest absolute Gasteiger partial charge is 0.00392 e. The van der Waals surface area contributed by atoms with Crippen LogP contribution in [0.5, 0.6) is 0 Å². The largest absolute Gasteiger partial charge is 0.402 e. The molecule has 1 saturated carbocycles. The second-order valence-electron chi connectivity index (χ2n) is 3.19. The van der Waals surface area contributed by atoms with Gasteiger partial charge < -0.3 is 11.5 Å². The number of rotatable bonds is 1. The quantitative estimate of drug-likeness (QED) is 0.570. The van der Waals surface area contributed by atoms with Gasteiger partial charge in [0.15, 0.2) is 0 Å². The van der Waals surface area contributed by atoms with Crippen molar-refractivity contribution in [1.29, 1.82) is 0 Å². The average Bonchev–Trinajstić information content (AvgIpc) is 1.88. The zero-order valence-electron chi connectivity index (χ0n) is 6.34. The fourth-order valence-corrected chi connectivity index (χ4v) is 1.49. The van der Waals surface area contributed by atoms with E-state index in [1.165, 1.54) is 0 Å². The topological polar surface area (TPSA) is 52.0 Å². The van der Waals surface area contributed by atoms with Crippen molar-refractivity contribution < 1.29 is 0 Å². The molecule has 58 valence electrons. The zero-order chi connectivity index (χ0) is 7.56. The molecule has 0 atom stereocenters. The zero-order valence-corrected chi connectivity index (χ0v) is 6.34. The lowest BCUT2D eigenvalue weighted by atomic mass is 9.85. The van der Waals surface area contributed by atoms with E-state index in [0.717, 1.165) is 31.4 Å². The summed E-state index contributed by atoms with van der Waals surface area (Å²) in [5.74, 6) is 0.541. The van der Waals surface area contributed by atoms with E-state index in [9.17, 15) is 0 Å². The van der Waals surface area contributed by atoms with Crippen molar-refractivity contribution in [2.45, 2.75) is 31.7 Å². The minimum atomic E-state index is 0.413. The van der Waals surface area contributed by atoms with Crippen LogP contribution in [0.3, 0.4) is 0 Å². The Bertz CT molecular complexity index is 123. The van der Waals surface area contributed by atoms with Gasteiger partial charge in [-0.05, 0) is 31.6 Å². The summed E-state index contributed by atoms with van der Waals surface area (Å²) < 4.78 is 0. The first-order chi connectivity index (χ1) is 4.70. The molecule has 1 rings (SSSR count). The SMILES string of the molecule is C=C(N)C1CCC(N)CC1. The first-order valence-corrected chi connectivity index (χ1v) is 3.90. The predicted octanol–water partition coefficient (Wildman–Crippen LogP) is 0.976. The Hall–Kier alpha value is -0.500. The highest BCUT2D eigenvalue weighted by Crippen LogP contribution is 2.25. The van der Waals surface area contributed by atoms with Gasteiger partial charge in [0.2, 0.25) is 0 Å². The molecule has 2 nitrogen and oxygen atoms in total. The molecule has 10 heavy (non-hydrogen) atoms. The molecule has 0 radical (unpaired) electrons. The van der Waals surface area contributed by atoms with E-state index >= 15 is 0 Å². The molecule has 0 aliphatic heterocycles. The van der Waals surface area contributed by atoms with Crippen molar-refractivity contribution in [3.8, 4) is 0 Å². The maximum Gasteiger partial charge on any atom is 0.00392 e. The summed E-state index contributed by atoms with van der Waals surface area (Å²) in [5.41, 5.74) is 12.1. The van der Waals surface area contributed by atoms with E-state index in [0.29, 0.717) is 12.0 Å².